The molecule has 5 heteroatoms. The minimum absolute atomic E-state index is 0.133. The van der Waals surface area contributed by atoms with E-state index in [1.165, 1.54) is 6.08 Å². The number of anilines is 1. The van der Waals surface area contributed by atoms with E-state index in [2.05, 4.69) is 5.32 Å². The van der Waals surface area contributed by atoms with Gasteiger partial charge in [-0.05, 0) is 36.1 Å². The van der Waals surface area contributed by atoms with Gasteiger partial charge in [-0.3, -0.25) is 9.59 Å². The van der Waals surface area contributed by atoms with Gasteiger partial charge in [0.05, 0.1) is 5.92 Å². The number of amides is 1. The molecule has 0 saturated carbocycles. The quantitative estimate of drug-likeness (QED) is 0.530. The van der Waals surface area contributed by atoms with Gasteiger partial charge >= 0.3 is 5.97 Å². The first kappa shape index (κ1) is 16.8. The molecule has 21 heavy (non-hydrogen) atoms. The second kappa shape index (κ2) is 8.09. The summed E-state index contributed by atoms with van der Waals surface area (Å²) in [5.41, 5.74) is 7.09. The summed E-state index contributed by atoms with van der Waals surface area (Å²) in [6.45, 7) is 4.04. The number of rotatable bonds is 7. The molecule has 1 atom stereocenters. The van der Waals surface area contributed by atoms with E-state index in [1.54, 1.807) is 24.3 Å². The number of nitrogens with two attached hydrogens (primary N) is 1. The number of aliphatic carboxylic acids is 1. The molecule has 0 aliphatic rings. The van der Waals surface area contributed by atoms with Crippen molar-refractivity contribution < 1.29 is 14.7 Å². The number of carboxylic acids is 1. The van der Waals surface area contributed by atoms with E-state index in [1.807, 2.05) is 19.9 Å². The van der Waals surface area contributed by atoms with Crippen LogP contribution in [0.2, 0.25) is 0 Å². The molecule has 0 aliphatic heterocycles. The molecular formula is C16H22N2O3. The van der Waals surface area contributed by atoms with E-state index >= 15 is 0 Å². The van der Waals surface area contributed by atoms with Crippen LogP contribution in [0.15, 0.2) is 30.3 Å². The number of nitrogen functional groups attached to an aromatic ring is 1. The fraction of sp³-hybridized carbons (Fsp3) is 0.375. The summed E-state index contributed by atoms with van der Waals surface area (Å²) in [5, 5.41) is 11.7. The van der Waals surface area contributed by atoms with Crippen molar-refractivity contribution in [3.05, 3.63) is 35.9 Å². The molecule has 5 nitrogen and oxygen atoms in total. The van der Waals surface area contributed by atoms with Gasteiger partial charge in [-0.1, -0.05) is 26.0 Å². The molecule has 1 aromatic carbocycles. The number of carbonyl (C=O) groups is 2. The predicted molar refractivity (Wildman–Crippen MR) is 83.5 cm³/mol. The van der Waals surface area contributed by atoms with Crippen molar-refractivity contribution in [3.63, 3.8) is 0 Å². The average molecular weight is 290 g/mol. The number of hydrogen-bond acceptors (Lipinski definition) is 3. The Morgan fingerprint density at radius 1 is 1.38 bits per heavy atom. The zero-order valence-corrected chi connectivity index (χ0v) is 12.4. The summed E-state index contributed by atoms with van der Waals surface area (Å²) in [7, 11) is 0. The lowest BCUT2D eigenvalue weighted by atomic mass is 9.97. The summed E-state index contributed by atoms with van der Waals surface area (Å²) in [6.07, 6.45) is 3.56. The first-order valence-corrected chi connectivity index (χ1v) is 6.92. The third-order valence-electron chi connectivity index (χ3n) is 2.97. The van der Waals surface area contributed by atoms with Crippen molar-refractivity contribution in [2.24, 2.45) is 11.8 Å². The lowest BCUT2D eigenvalue weighted by molar-refractivity contribution is -0.142. The second-order valence-electron chi connectivity index (χ2n) is 5.41. The highest BCUT2D eigenvalue weighted by Gasteiger charge is 2.19. The Morgan fingerprint density at radius 3 is 2.67 bits per heavy atom. The first-order chi connectivity index (χ1) is 9.88. The van der Waals surface area contributed by atoms with Crippen molar-refractivity contribution in [3.8, 4) is 0 Å². The van der Waals surface area contributed by atoms with Crippen LogP contribution in [-0.2, 0) is 9.59 Å². The number of hydrogen-bond donors (Lipinski definition) is 3. The van der Waals surface area contributed by atoms with Crippen molar-refractivity contribution in [2.75, 3.05) is 12.3 Å². The molecule has 4 N–H and O–H groups in total. The van der Waals surface area contributed by atoms with Crippen LogP contribution >= 0.6 is 0 Å². The fourth-order valence-corrected chi connectivity index (χ4v) is 1.96. The number of carboxylic acid groups (broad SMARTS) is 1. The highest BCUT2D eigenvalue weighted by molar-refractivity contribution is 5.92. The van der Waals surface area contributed by atoms with Crippen LogP contribution in [0.5, 0.6) is 0 Å². The maximum atomic E-state index is 11.7. The molecular weight excluding hydrogens is 268 g/mol. The summed E-state index contributed by atoms with van der Waals surface area (Å²) in [4.78, 5) is 22.8. The van der Waals surface area contributed by atoms with Gasteiger partial charge in [-0.15, -0.1) is 0 Å². The number of nitrogens with one attached hydrogen (secondary N) is 1. The van der Waals surface area contributed by atoms with Gasteiger partial charge in [-0.25, -0.2) is 0 Å². The molecule has 0 spiro atoms. The van der Waals surface area contributed by atoms with E-state index in [-0.39, 0.29) is 18.4 Å². The smallest absolute Gasteiger partial charge is 0.308 e. The van der Waals surface area contributed by atoms with Gasteiger partial charge in [0.25, 0.3) is 0 Å². The third kappa shape index (κ3) is 6.61. The first-order valence-electron chi connectivity index (χ1n) is 6.92. The van der Waals surface area contributed by atoms with Crippen molar-refractivity contribution in [2.45, 2.75) is 20.3 Å². The van der Waals surface area contributed by atoms with Crippen LogP contribution < -0.4 is 11.1 Å². The summed E-state index contributed by atoms with van der Waals surface area (Å²) < 4.78 is 0. The average Bonchev–Trinajstić information content (AvgIpc) is 2.40. The summed E-state index contributed by atoms with van der Waals surface area (Å²) in [6, 6.07) is 7.15. The van der Waals surface area contributed by atoms with Gasteiger partial charge in [-0.2, -0.15) is 0 Å². The lowest BCUT2D eigenvalue weighted by Crippen LogP contribution is -2.32. The van der Waals surface area contributed by atoms with Crippen LogP contribution in [0, 0.1) is 11.8 Å². The van der Waals surface area contributed by atoms with E-state index in [0.717, 1.165) is 5.56 Å². The zero-order chi connectivity index (χ0) is 15.8. The monoisotopic (exact) mass is 290 g/mol. The predicted octanol–water partition coefficient (Wildman–Crippen LogP) is 2.15. The van der Waals surface area contributed by atoms with Crippen LogP contribution in [0.3, 0.4) is 0 Å². The van der Waals surface area contributed by atoms with Crippen molar-refractivity contribution >= 4 is 23.6 Å². The van der Waals surface area contributed by atoms with Gasteiger partial charge in [0.2, 0.25) is 5.91 Å². The van der Waals surface area contributed by atoms with Gasteiger partial charge in [0.1, 0.15) is 0 Å². The van der Waals surface area contributed by atoms with Crippen molar-refractivity contribution in [1.29, 1.82) is 0 Å². The van der Waals surface area contributed by atoms with Gasteiger partial charge < -0.3 is 16.2 Å². The maximum absolute atomic E-state index is 11.7. The Labute approximate surface area is 124 Å². The van der Waals surface area contributed by atoms with E-state index in [4.69, 9.17) is 10.8 Å². The minimum Gasteiger partial charge on any atom is -0.481 e. The van der Waals surface area contributed by atoms with Crippen LogP contribution in [0.25, 0.3) is 6.08 Å². The Kier molecular flexibility index (Phi) is 6.46. The molecule has 0 saturated heterocycles. The normalized spacial score (nSPS) is 12.5. The molecule has 0 bridgehead atoms. The molecule has 0 radical (unpaired) electrons. The summed E-state index contributed by atoms with van der Waals surface area (Å²) >= 11 is 0. The topological polar surface area (TPSA) is 92.4 Å². The maximum Gasteiger partial charge on any atom is 0.308 e. The summed E-state index contributed by atoms with van der Waals surface area (Å²) in [5.74, 6) is -1.49. The molecule has 0 aromatic heterocycles. The molecule has 1 rings (SSSR count). The Morgan fingerprint density at radius 2 is 2.10 bits per heavy atom. The van der Waals surface area contributed by atoms with Gasteiger partial charge in [0.15, 0.2) is 0 Å². The third-order valence-corrected chi connectivity index (χ3v) is 2.97. The highest BCUT2D eigenvalue weighted by atomic mass is 16.4. The Hall–Kier alpha value is -2.30. The molecule has 1 amide bonds. The number of carbonyl (C=O) groups excluding carboxylic acids is 1. The molecule has 114 valence electrons. The van der Waals surface area contributed by atoms with E-state index in [9.17, 15) is 9.59 Å². The Bertz CT molecular complexity index is 524. The Balaban J connectivity index is 2.51. The molecule has 0 heterocycles. The molecule has 0 aliphatic carbocycles. The fourth-order valence-electron chi connectivity index (χ4n) is 1.96. The van der Waals surface area contributed by atoms with E-state index in [0.29, 0.717) is 12.1 Å². The standard InChI is InChI=1S/C16H22N2O3/c1-11(2)8-13(16(20)21)10-18-15(19)7-6-12-4-3-5-14(17)9-12/h3-7,9,11,13H,8,10,17H2,1-2H3,(H,18,19)(H,20,21)/b7-6+. The number of benzene rings is 1. The van der Waals surface area contributed by atoms with Crippen LogP contribution in [-0.4, -0.2) is 23.5 Å². The highest BCUT2D eigenvalue weighted by Crippen LogP contribution is 2.11. The largest absolute Gasteiger partial charge is 0.481 e. The van der Waals surface area contributed by atoms with E-state index < -0.39 is 11.9 Å². The van der Waals surface area contributed by atoms with Crippen LogP contribution in [0.4, 0.5) is 5.69 Å². The molecule has 1 unspecified atom stereocenters. The SMILES string of the molecule is CC(C)CC(CNC(=O)/C=C/c1cccc(N)c1)C(=O)O. The lowest BCUT2D eigenvalue weighted by Gasteiger charge is -2.14. The minimum atomic E-state index is -0.885. The molecule has 1 aromatic rings. The zero-order valence-electron chi connectivity index (χ0n) is 12.4. The van der Waals surface area contributed by atoms with Crippen molar-refractivity contribution in [1.82, 2.24) is 5.32 Å². The second-order valence-corrected chi connectivity index (χ2v) is 5.41. The van der Waals surface area contributed by atoms with Gasteiger partial charge in [0, 0.05) is 18.3 Å². The van der Waals surface area contributed by atoms with Crippen LogP contribution in [0.1, 0.15) is 25.8 Å². The molecule has 0 fully saturated rings.